The molecule has 0 aromatic heterocycles. The van der Waals surface area contributed by atoms with E-state index in [0.29, 0.717) is 5.75 Å². The molecule has 0 amide bonds. The Labute approximate surface area is 118 Å². The van der Waals surface area contributed by atoms with Gasteiger partial charge in [0, 0.05) is 0 Å². The summed E-state index contributed by atoms with van der Waals surface area (Å²) >= 11 is 1.28. The van der Waals surface area contributed by atoms with Crippen LogP contribution in [0.4, 0.5) is 0 Å². The first-order valence-corrected chi connectivity index (χ1v) is 6.94. The number of ether oxygens (including phenoxy) is 2. The van der Waals surface area contributed by atoms with Gasteiger partial charge in [0.2, 0.25) is 0 Å². The maximum absolute atomic E-state index is 11.8. The van der Waals surface area contributed by atoms with E-state index in [1.165, 1.54) is 26.0 Å². The summed E-state index contributed by atoms with van der Waals surface area (Å²) in [4.78, 5) is 27.6. The van der Waals surface area contributed by atoms with Gasteiger partial charge in [-0.1, -0.05) is 6.92 Å². The third-order valence-corrected chi connectivity index (χ3v) is 3.02. The Morgan fingerprint density at radius 2 is 1.84 bits per heavy atom. The van der Waals surface area contributed by atoms with Crippen molar-refractivity contribution in [3.63, 3.8) is 0 Å². The zero-order valence-electron chi connectivity index (χ0n) is 12.3. The highest BCUT2D eigenvalue weighted by atomic mass is 32.2. The highest BCUT2D eigenvalue weighted by molar-refractivity contribution is 8.00. The highest BCUT2D eigenvalue weighted by Crippen LogP contribution is 2.20. The molecule has 0 aliphatic heterocycles. The molecule has 0 aliphatic rings. The molecule has 6 heteroatoms. The van der Waals surface area contributed by atoms with Gasteiger partial charge >= 0.3 is 11.9 Å². The van der Waals surface area contributed by atoms with E-state index < -0.39 is 22.7 Å². The van der Waals surface area contributed by atoms with Crippen molar-refractivity contribution in [2.45, 2.75) is 38.5 Å². The van der Waals surface area contributed by atoms with Crippen LogP contribution in [0, 0.1) is 0 Å². The molecule has 108 valence electrons. The Morgan fingerprint density at radius 1 is 1.26 bits per heavy atom. The zero-order valence-corrected chi connectivity index (χ0v) is 13.1. The predicted molar refractivity (Wildman–Crippen MR) is 76.7 cm³/mol. The predicted octanol–water partition coefficient (Wildman–Crippen LogP) is 1.85. The molecule has 0 aromatic carbocycles. The second-order valence-electron chi connectivity index (χ2n) is 4.66. The SMILES string of the molecule is CCSC(C(=O)OC)C(=C=NC(C)(C)C)C(=O)OC. The smallest absolute Gasteiger partial charge is 0.344 e. The van der Waals surface area contributed by atoms with Crippen LogP contribution < -0.4 is 0 Å². The number of aliphatic imine (C=N–C) groups is 1. The number of hydrogen-bond acceptors (Lipinski definition) is 6. The Bertz CT molecular complexity index is 392. The number of rotatable bonds is 5. The summed E-state index contributed by atoms with van der Waals surface area (Å²) in [6, 6.07) is 0. The van der Waals surface area contributed by atoms with E-state index >= 15 is 0 Å². The summed E-state index contributed by atoms with van der Waals surface area (Å²) in [7, 11) is 2.54. The van der Waals surface area contributed by atoms with Gasteiger partial charge < -0.3 is 9.47 Å². The summed E-state index contributed by atoms with van der Waals surface area (Å²) in [5.41, 5.74) is -0.312. The molecule has 0 spiro atoms. The van der Waals surface area contributed by atoms with Crippen molar-refractivity contribution in [3.05, 3.63) is 5.57 Å². The van der Waals surface area contributed by atoms with Gasteiger partial charge in [-0.05, 0) is 32.4 Å². The lowest BCUT2D eigenvalue weighted by molar-refractivity contribution is -0.142. The first-order chi connectivity index (χ1) is 8.76. The minimum atomic E-state index is -0.770. The van der Waals surface area contributed by atoms with Gasteiger partial charge in [0.25, 0.3) is 0 Å². The van der Waals surface area contributed by atoms with E-state index in [9.17, 15) is 9.59 Å². The molecule has 0 aromatic rings. The van der Waals surface area contributed by atoms with Crippen LogP contribution in [-0.4, -0.2) is 48.6 Å². The Kier molecular flexibility index (Phi) is 7.49. The van der Waals surface area contributed by atoms with E-state index in [1.807, 2.05) is 27.7 Å². The van der Waals surface area contributed by atoms with Crippen LogP contribution in [0.1, 0.15) is 27.7 Å². The molecule has 0 radical (unpaired) electrons. The zero-order chi connectivity index (χ0) is 15.1. The second-order valence-corrected chi connectivity index (χ2v) is 6.04. The summed E-state index contributed by atoms with van der Waals surface area (Å²) in [6.07, 6.45) is 0. The molecule has 0 bridgehead atoms. The van der Waals surface area contributed by atoms with Crippen LogP contribution in [0.2, 0.25) is 0 Å². The van der Waals surface area contributed by atoms with Crippen molar-refractivity contribution in [1.29, 1.82) is 0 Å². The molecule has 0 heterocycles. The quantitative estimate of drug-likeness (QED) is 0.438. The third kappa shape index (κ3) is 6.45. The van der Waals surface area contributed by atoms with Crippen LogP contribution in [0.15, 0.2) is 10.6 Å². The maximum Gasteiger partial charge on any atom is 0.344 e. The average Bonchev–Trinajstić information content (AvgIpc) is 2.35. The first kappa shape index (κ1) is 17.7. The number of hydrogen-bond donors (Lipinski definition) is 0. The van der Waals surface area contributed by atoms with Crippen molar-refractivity contribution in [2.24, 2.45) is 4.99 Å². The van der Waals surface area contributed by atoms with Gasteiger partial charge in [0.1, 0.15) is 10.8 Å². The maximum atomic E-state index is 11.8. The van der Waals surface area contributed by atoms with Crippen LogP contribution in [0.3, 0.4) is 0 Å². The fourth-order valence-corrected chi connectivity index (χ4v) is 1.97. The first-order valence-electron chi connectivity index (χ1n) is 5.89. The lowest BCUT2D eigenvalue weighted by Crippen LogP contribution is -2.27. The second kappa shape index (κ2) is 8.02. The van der Waals surface area contributed by atoms with Gasteiger partial charge in [0.05, 0.1) is 19.8 Å². The minimum absolute atomic E-state index is 0.0797. The van der Waals surface area contributed by atoms with Crippen LogP contribution in [0.25, 0.3) is 0 Å². The molecule has 0 aliphatic carbocycles. The van der Waals surface area contributed by atoms with Crippen LogP contribution in [0.5, 0.6) is 0 Å². The fraction of sp³-hybridized carbons (Fsp3) is 0.692. The topological polar surface area (TPSA) is 65.0 Å². The molecule has 19 heavy (non-hydrogen) atoms. The van der Waals surface area contributed by atoms with Gasteiger partial charge in [-0.2, -0.15) is 0 Å². The van der Waals surface area contributed by atoms with E-state index in [-0.39, 0.29) is 5.57 Å². The number of methoxy groups -OCH3 is 2. The molecule has 1 unspecified atom stereocenters. The minimum Gasteiger partial charge on any atom is -0.468 e. The summed E-state index contributed by atoms with van der Waals surface area (Å²) < 4.78 is 9.38. The Hall–Kier alpha value is -1.26. The lowest BCUT2D eigenvalue weighted by atomic mass is 10.1. The molecular weight excluding hydrogens is 266 g/mol. The largest absolute Gasteiger partial charge is 0.468 e. The summed E-state index contributed by atoms with van der Waals surface area (Å²) in [5.74, 6) is 2.17. The number of esters is 2. The third-order valence-electron chi connectivity index (χ3n) is 1.93. The monoisotopic (exact) mass is 287 g/mol. The lowest BCUT2D eigenvalue weighted by Gasteiger charge is -2.14. The van der Waals surface area contributed by atoms with Crippen molar-refractivity contribution < 1.29 is 19.1 Å². The molecule has 5 nitrogen and oxygen atoms in total. The van der Waals surface area contributed by atoms with Crippen molar-refractivity contribution in [1.82, 2.24) is 0 Å². The van der Waals surface area contributed by atoms with Gasteiger partial charge in [0.15, 0.2) is 0 Å². The standard InChI is InChI=1S/C13H21NO4S/c1-7-19-10(12(16)18-6)9(11(15)17-5)8-14-13(2,3)4/h10H,7H2,1-6H3. The van der Waals surface area contributed by atoms with Crippen molar-refractivity contribution >= 4 is 29.6 Å². The molecule has 0 fully saturated rings. The summed E-state index contributed by atoms with van der Waals surface area (Å²) in [6.45, 7) is 7.50. The average molecular weight is 287 g/mol. The van der Waals surface area contributed by atoms with Gasteiger partial charge in [-0.3, -0.25) is 4.79 Å². The molecule has 0 N–H and O–H groups in total. The van der Waals surface area contributed by atoms with Crippen molar-refractivity contribution in [3.8, 4) is 0 Å². The normalized spacial score (nSPS) is 12.1. The Balaban J connectivity index is 5.62. The van der Waals surface area contributed by atoms with E-state index in [1.54, 1.807) is 0 Å². The van der Waals surface area contributed by atoms with E-state index in [0.717, 1.165) is 0 Å². The highest BCUT2D eigenvalue weighted by Gasteiger charge is 2.30. The van der Waals surface area contributed by atoms with Crippen LogP contribution in [-0.2, 0) is 19.1 Å². The van der Waals surface area contributed by atoms with Crippen molar-refractivity contribution in [2.75, 3.05) is 20.0 Å². The van der Waals surface area contributed by atoms with Gasteiger partial charge in [-0.25, -0.2) is 9.79 Å². The number of nitrogens with zero attached hydrogens (tertiary/aromatic N) is 1. The number of carbonyl (C=O) groups is 2. The Morgan fingerprint density at radius 3 is 2.21 bits per heavy atom. The molecular formula is C13H21NO4S. The molecule has 0 saturated heterocycles. The van der Waals surface area contributed by atoms with E-state index in [4.69, 9.17) is 4.74 Å². The molecule has 0 rings (SSSR count). The number of carbonyl (C=O) groups excluding carboxylic acids is 2. The molecule has 1 atom stereocenters. The fourth-order valence-electron chi connectivity index (χ4n) is 1.09. The van der Waals surface area contributed by atoms with E-state index in [2.05, 4.69) is 15.6 Å². The molecule has 0 saturated carbocycles. The number of thioether (sulfide) groups is 1. The summed E-state index contributed by atoms with van der Waals surface area (Å²) in [5, 5.41) is -0.770. The van der Waals surface area contributed by atoms with Gasteiger partial charge in [-0.15, -0.1) is 11.8 Å². The van der Waals surface area contributed by atoms with Crippen LogP contribution >= 0.6 is 11.8 Å².